The van der Waals surface area contributed by atoms with E-state index in [-0.39, 0.29) is 69.5 Å². The summed E-state index contributed by atoms with van der Waals surface area (Å²) in [5, 5.41) is 13.0. The Labute approximate surface area is 267 Å². The van der Waals surface area contributed by atoms with Crippen molar-refractivity contribution >= 4 is 43.1 Å². The first-order valence-electron chi connectivity index (χ1n) is 14.5. The lowest BCUT2D eigenvalue weighted by atomic mass is 9.92. The molecule has 0 bridgehead atoms. The number of nitrogens with zero attached hydrogens (tertiary/aromatic N) is 6. The highest BCUT2D eigenvalue weighted by molar-refractivity contribution is 7.23. The van der Waals surface area contributed by atoms with Gasteiger partial charge in [0.1, 0.15) is 53.0 Å². The number of benzene rings is 2. The minimum absolute atomic E-state index is 0.0151. The van der Waals surface area contributed by atoms with Crippen molar-refractivity contribution < 1.29 is 35.6 Å². The van der Waals surface area contributed by atoms with Gasteiger partial charge >= 0.3 is 12.2 Å². The standard InChI is InChI=1S/C31H25F6N7O2S/c1-43(13-16-5-8-46-42-16)28-18-9-20(31(35,36)37)23(17-3-4-21(33)26-22(17)19(11-38)27(39)47-26)24(34)25(18)40-29(41-28)45-14-30-6-2-7-44(30)12-15(32)10-30/h3-5,8-9,15H,2,6-7,10,12-14,39H2,1H3. The summed E-state index contributed by atoms with van der Waals surface area (Å²) in [6.45, 7) is 0.955. The molecular formula is C31H25F6N7O2S. The smallest absolute Gasteiger partial charge is 0.417 e. The summed E-state index contributed by atoms with van der Waals surface area (Å²) in [5.74, 6) is -2.31. The molecule has 2 atom stereocenters. The number of rotatable bonds is 7. The summed E-state index contributed by atoms with van der Waals surface area (Å²) >= 11 is 0.678. The highest BCUT2D eigenvalue weighted by atomic mass is 32.1. The van der Waals surface area contributed by atoms with Crippen LogP contribution in [0.15, 0.2) is 35.1 Å². The number of anilines is 2. The van der Waals surface area contributed by atoms with Crippen molar-refractivity contribution in [3.8, 4) is 23.2 Å². The van der Waals surface area contributed by atoms with Crippen LogP contribution in [0.3, 0.4) is 0 Å². The zero-order valence-corrected chi connectivity index (χ0v) is 25.5. The maximum atomic E-state index is 16.9. The average molecular weight is 674 g/mol. The van der Waals surface area contributed by atoms with Crippen LogP contribution in [-0.4, -0.2) is 58.5 Å². The lowest BCUT2D eigenvalue weighted by Gasteiger charge is -2.31. The second kappa shape index (κ2) is 11.3. The average Bonchev–Trinajstić information content (AvgIpc) is 3.80. The molecule has 5 heterocycles. The normalized spacial score (nSPS) is 19.8. The van der Waals surface area contributed by atoms with Gasteiger partial charge in [-0.15, -0.1) is 11.3 Å². The molecule has 2 N–H and O–H groups in total. The molecule has 2 aliphatic heterocycles. The number of fused-ring (bicyclic) bond motifs is 3. The monoisotopic (exact) mass is 673 g/mol. The quantitative estimate of drug-likeness (QED) is 0.185. The van der Waals surface area contributed by atoms with Gasteiger partial charge in [0.25, 0.3) is 0 Å². The Kier molecular flexibility index (Phi) is 7.43. The fourth-order valence-electron chi connectivity index (χ4n) is 6.83. The van der Waals surface area contributed by atoms with Crippen molar-refractivity contribution in [2.75, 3.05) is 37.4 Å². The van der Waals surface area contributed by atoms with E-state index in [1.165, 1.54) is 18.2 Å². The molecule has 7 rings (SSSR count). The predicted molar refractivity (Wildman–Crippen MR) is 162 cm³/mol. The first-order valence-corrected chi connectivity index (χ1v) is 15.4. The molecule has 47 heavy (non-hydrogen) atoms. The van der Waals surface area contributed by atoms with E-state index in [0.29, 0.717) is 30.0 Å². The maximum Gasteiger partial charge on any atom is 0.417 e. The third-order valence-electron chi connectivity index (χ3n) is 8.88. The van der Waals surface area contributed by atoms with E-state index in [4.69, 9.17) is 15.0 Å². The van der Waals surface area contributed by atoms with E-state index in [1.807, 2.05) is 11.0 Å². The predicted octanol–water partition coefficient (Wildman–Crippen LogP) is 6.84. The van der Waals surface area contributed by atoms with Crippen molar-refractivity contribution in [1.82, 2.24) is 20.0 Å². The Morgan fingerprint density at radius 1 is 1.26 bits per heavy atom. The molecule has 0 aliphatic carbocycles. The van der Waals surface area contributed by atoms with Gasteiger partial charge in [0.2, 0.25) is 0 Å². The first-order chi connectivity index (χ1) is 22.4. The van der Waals surface area contributed by atoms with E-state index in [1.54, 1.807) is 6.07 Å². The van der Waals surface area contributed by atoms with Crippen LogP contribution >= 0.6 is 11.3 Å². The van der Waals surface area contributed by atoms with Crippen LogP contribution in [0.4, 0.5) is 37.2 Å². The minimum atomic E-state index is -5.10. The van der Waals surface area contributed by atoms with Crippen LogP contribution in [-0.2, 0) is 12.7 Å². The summed E-state index contributed by atoms with van der Waals surface area (Å²) < 4.78 is 101. The molecule has 16 heteroatoms. The van der Waals surface area contributed by atoms with Crippen molar-refractivity contribution in [2.45, 2.75) is 43.7 Å². The maximum absolute atomic E-state index is 16.9. The van der Waals surface area contributed by atoms with Crippen LogP contribution in [0.5, 0.6) is 6.01 Å². The third kappa shape index (κ3) is 5.17. The number of thiophene rings is 1. The number of halogens is 6. The molecule has 2 aliphatic rings. The van der Waals surface area contributed by atoms with Crippen LogP contribution in [0.25, 0.3) is 32.1 Å². The first kappa shape index (κ1) is 31.0. The molecule has 9 nitrogen and oxygen atoms in total. The van der Waals surface area contributed by atoms with Gasteiger partial charge in [0.15, 0.2) is 5.82 Å². The summed E-state index contributed by atoms with van der Waals surface area (Å²) in [6.07, 6.45) is -3.09. The van der Waals surface area contributed by atoms with Gasteiger partial charge in [-0.05, 0) is 37.1 Å². The zero-order chi connectivity index (χ0) is 33.2. The van der Waals surface area contributed by atoms with E-state index < -0.39 is 46.2 Å². The number of hydrogen-bond acceptors (Lipinski definition) is 10. The number of hydrogen-bond donors (Lipinski definition) is 1. The second-order valence-electron chi connectivity index (χ2n) is 11.8. The van der Waals surface area contributed by atoms with Crippen LogP contribution in [0, 0.1) is 23.0 Å². The molecule has 3 aromatic heterocycles. The Balaban J connectivity index is 1.45. The van der Waals surface area contributed by atoms with Crippen LogP contribution in [0.1, 0.15) is 36.1 Å². The topological polar surface area (TPSA) is 117 Å². The van der Waals surface area contributed by atoms with Gasteiger partial charge < -0.3 is 19.9 Å². The Morgan fingerprint density at radius 2 is 2.06 bits per heavy atom. The number of nitriles is 1. The zero-order valence-electron chi connectivity index (χ0n) is 24.7. The summed E-state index contributed by atoms with van der Waals surface area (Å²) in [4.78, 5) is 12.1. The second-order valence-corrected chi connectivity index (χ2v) is 12.9. The Bertz CT molecular complexity index is 2060. The molecule has 5 aromatic rings. The molecule has 2 fully saturated rings. The Hall–Kier alpha value is -4.62. The number of ether oxygens (including phenoxy) is 1. The van der Waals surface area contributed by atoms with Crippen LogP contribution < -0.4 is 15.4 Å². The van der Waals surface area contributed by atoms with E-state index >= 15 is 4.39 Å². The molecule has 244 valence electrons. The van der Waals surface area contributed by atoms with Crippen molar-refractivity contribution in [2.24, 2.45) is 0 Å². The molecule has 2 aromatic carbocycles. The SMILES string of the molecule is CN(Cc1ccon1)c1nc(OCC23CCCN2CC(F)C3)nc2c(F)c(-c3ccc(F)c4sc(N)c(C#N)c34)c(C(F)(F)F)cc12. The summed E-state index contributed by atoms with van der Waals surface area (Å²) in [6, 6.07) is 5.65. The molecule has 0 saturated carbocycles. The van der Waals surface area contributed by atoms with Crippen LogP contribution in [0.2, 0.25) is 0 Å². The molecule has 0 radical (unpaired) electrons. The van der Waals surface area contributed by atoms with E-state index in [0.717, 1.165) is 24.6 Å². The van der Waals surface area contributed by atoms with E-state index in [2.05, 4.69) is 15.1 Å². The number of alkyl halides is 4. The fourth-order valence-corrected chi connectivity index (χ4v) is 7.78. The van der Waals surface area contributed by atoms with Gasteiger partial charge in [-0.3, -0.25) is 4.90 Å². The highest BCUT2D eigenvalue weighted by Gasteiger charge is 2.49. The number of nitrogen functional groups attached to an aromatic ring is 1. The summed E-state index contributed by atoms with van der Waals surface area (Å²) in [7, 11) is 1.53. The van der Waals surface area contributed by atoms with Gasteiger partial charge in [-0.1, -0.05) is 11.2 Å². The fraction of sp³-hybridized carbons (Fsp3) is 0.355. The molecule has 2 unspecified atom stereocenters. The van der Waals surface area contributed by atoms with Gasteiger partial charge in [0.05, 0.1) is 27.9 Å². The van der Waals surface area contributed by atoms with Crippen molar-refractivity contribution in [1.29, 1.82) is 5.26 Å². The van der Waals surface area contributed by atoms with Gasteiger partial charge in [-0.2, -0.15) is 28.4 Å². The molecule has 0 amide bonds. The molecule has 0 spiro atoms. The highest BCUT2D eigenvalue weighted by Crippen LogP contribution is 2.48. The minimum Gasteiger partial charge on any atom is -0.461 e. The van der Waals surface area contributed by atoms with Crippen molar-refractivity contribution in [3.63, 3.8) is 0 Å². The summed E-state index contributed by atoms with van der Waals surface area (Å²) in [5.41, 5.74) is 2.25. The van der Waals surface area contributed by atoms with Gasteiger partial charge in [-0.25, -0.2) is 13.2 Å². The number of nitrogens with two attached hydrogens (primary N) is 1. The lowest BCUT2D eigenvalue weighted by Crippen LogP contribution is -2.43. The van der Waals surface area contributed by atoms with E-state index in [9.17, 15) is 27.2 Å². The molecular weight excluding hydrogens is 648 g/mol. The largest absolute Gasteiger partial charge is 0.461 e. The third-order valence-corrected chi connectivity index (χ3v) is 9.91. The molecule has 2 saturated heterocycles. The van der Waals surface area contributed by atoms with Gasteiger partial charge in [0, 0.05) is 42.4 Å². The van der Waals surface area contributed by atoms with Crippen molar-refractivity contribution in [3.05, 3.63) is 59.0 Å². The number of aromatic nitrogens is 3. The lowest BCUT2D eigenvalue weighted by molar-refractivity contribution is -0.137. The Morgan fingerprint density at radius 3 is 2.79 bits per heavy atom.